The van der Waals surface area contributed by atoms with Crippen molar-refractivity contribution in [2.45, 2.75) is 42.0 Å². The number of thioether (sulfide) groups is 1. The quantitative estimate of drug-likeness (QED) is 0.0620. The van der Waals surface area contributed by atoms with E-state index in [1.807, 2.05) is 0 Å². The number of nitrogens with one attached hydrogen (secondary N) is 5. The number of nitrogens with two attached hydrogens (primary N) is 1. The molecule has 4 aliphatic heterocycles. The molecule has 4 aliphatic rings. The van der Waals surface area contributed by atoms with Crippen LogP contribution >= 0.6 is 23.7 Å². The van der Waals surface area contributed by atoms with Crippen molar-refractivity contribution in [3.8, 4) is 0 Å². The van der Waals surface area contributed by atoms with E-state index in [-0.39, 0.29) is 29.8 Å². The minimum Gasteiger partial charge on any atom is -0.480 e. The van der Waals surface area contributed by atoms with Crippen LogP contribution in [0.2, 0.25) is 0 Å². The summed E-state index contributed by atoms with van der Waals surface area (Å²) in [6.45, 7) is 1.53. The van der Waals surface area contributed by atoms with Crippen LogP contribution in [0.5, 0.6) is 0 Å². The van der Waals surface area contributed by atoms with E-state index >= 15 is 0 Å². The van der Waals surface area contributed by atoms with E-state index in [0.29, 0.717) is 12.1 Å². The molecular formula is C20H28N8O7S2. The number of nitrogens with zero attached hydrogens (tertiary/aromatic N) is 2. The zero-order chi connectivity index (χ0) is 26.7. The van der Waals surface area contributed by atoms with Crippen LogP contribution < -0.4 is 31.7 Å². The highest BCUT2D eigenvalue weighted by molar-refractivity contribution is 8.00. The highest BCUT2D eigenvalue weighted by atomic mass is 32.2. The molecule has 37 heavy (non-hydrogen) atoms. The van der Waals surface area contributed by atoms with Gasteiger partial charge in [-0.25, -0.2) is 14.3 Å². The fraction of sp³-hybridized carbons (Fsp3) is 0.550. The molecule has 0 aromatic rings. The summed E-state index contributed by atoms with van der Waals surface area (Å²) in [7, 11) is 0. The minimum atomic E-state index is -1.56. The number of carbonyl (C=O) groups is 4. The second kappa shape index (κ2) is 11.7. The van der Waals surface area contributed by atoms with Crippen LogP contribution in [0, 0.1) is 5.92 Å². The van der Waals surface area contributed by atoms with E-state index in [1.54, 1.807) is 17.2 Å². The maximum absolute atomic E-state index is 12.9. The highest BCUT2D eigenvalue weighted by Crippen LogP contribution is 2.32. The summed E-state index contributed by atoms with van der Waals surface area (Å²) in [6.07, 6.45) is 3.59. The lowest BCUT2D eigenvalue weighted by Crippen LogP contribution is -2.58. The molecule has 4 heterocycles. The predicted molar refractivity (Wildman–Crippen MR) is 134 cm³/mol. The van der Waals surface area contributed by atoms with Gasteiger partial charge in [0.1, 0.15) is 22.7 Å². The molecule has 0 aromatic heterocycles. The molecule has 0 radical (unpaired) electrons. The molecule has 2 fully saturated rings. The molecule has 2 saturated heterocycles. The Morgan fingerprint density at radius 2 is 2.11 bits per heavy atom. The lowest BCUT2D eigenvalue weighted by atomic mass is 9.98. The lowest BCUT2D eigenvalue weighted by molar-refractivity contribution is -0.141. The summed E-state index contributed by atoms with van der Waals surface area (Å²) < 4.78 is 2.74. The van der Waals surface area contributed by atoms with Crippen molar-refractivity contribution in [1.82, 2.24) is 30.9 Å². The number of hydrogen-bond donors (Lipinski definition) is 9. The Morgan fingerprint density at radius 3 is 2.70 bits per heavy atom. The van der Waals surface area contributed by atoms with Gasteiger partial charge in [0.05, 0.1) is 5.92 Å². The molecule has 0 bridgehead atoms. The Hall–Kier alpha value is -2.83. The van der Waals surface area contributed by atoms with Gasteiger partial charge in [-0.15, -0.1) is 11.8 Å². The van der Waals surface area contributed by atoms with Crippen molar-refractivity contribution in [3.63, 3.8) is 0 Å². The number of carboxylic acid groups (broad SMARTS) is 2. The molecule has 0 spiro atoms. The van der Waals surface area contributed by atoms with Gasteiger partial charge >= 0.3 is 11.9 Å². The number of carboxylic acids is 2. The summed E-state index contributed by atoms with van der Waals surface area (Å²) in [6, 6.07) is -1.49. The van der Waals surface area contributed by atoms with Crippen LogP contribution in [0.1, 0.15) is 12.8 Å². The molecular weight excluding hydrogens is 528 g/mol. The maximum Gasteiger partial charge on any atom is 0.351 e. The molecule has 17 heteroatoms. The number of aliphatic carboxylic acids is 2. The van der Waals surface area contributed by atoms with Gasteiger partial charge in [0.2, 0.25) is 5.91 Å². The fourth-order valence-corrected chi connectivity index (χ4v) is 6.36. The number of amides is 2. The summed E-state index contributed by atoms with van der Waals surface area (Å²) in [5, 5.41) is 41.7. The van der Waals surface area contributed by atoms with Crippen molar-refractivity contribution in [2.75, 3.05) is 18.8 Å². The topological polar surface area (TPSA) is 231 Å². The van der Waals surface area contributed by atoms with E-state index in [9.17, 15) is 34.6 Å². The van der Waals surface area contributed by atoms with Crippen LogP contribution in [-0.2, 0) is 19.2 Å². The van der Waals surface area contributed by atoms with E-state index in [4.69, 9.17) is 5.73 Å². The van der Waals surface area contributed by atoms with Crippen LogP contribution in [0.3, 0.4) is 0 Å². The van der Waals surface area contributed by atoms with Crippen LogP contribution in [0.4, 0.5) is 0 Å². The maximum atomic E-state index is 12.9. The summed E-state index contributed by atoms with van der Waals surface area (Å²) in [5.74, 6) is -4.18. The Kier molecular flexibility index (Phi) is 8.60. The second-order valence-electron chi connectivity index (χ2n) is 8.73. The first-order chi connectivity index (χ1) is 17.7. The first kappa shape index (κ1) is 27.2. The Morgan fingerprint density at radius 1 is 1.32 bits per heavy atom. The molecule has 0 saturated carbocycles. The van der Waals surface area contributed by atoms with Crippen molar-refractivity contribution >= 4 is 53.2 Å². The SMILES string of the molecule is NC1N[C@H](/C(=N/O)C(=O)N[C@H](C(=O)O)[C@@H]2NC(C(=O)O)=C(CC3C=CN([C@@H]4CCNC4)C3=O)CS2)NS1. The van der Waals surface area contributed by atoms with Crippen molar-refractivity contribution in [3.05, 3.63) is 23.5 Å². The number of hydrogen-bond acceptors (Lipinski definition) is 13. The minimum absolute atomic E-state index is 0.0705. The first-order valence-electron chi connectivity index (χ1n) is 11.4. The van der Waals surface area contributed by atoms with Crippen LogP contribution in [-0.4, -0.2) is 97.7 Å². The zero-order valence-corrected chi connectivity index (χ0v) is 21.1. The monoisotopic (exact) mass is 556 g/mol. The Labute approximate surface area is 219 Å². The van der Waals surface area contributed by atoms with Crippen molar-refractivity contribution in [2.24, 2.45) is 16.8 Å². The van der Waals surface area contributed by atoms with Gasteiger partial charge in [0.15, 0.2) is 11.8 Å². The number of rotatable bonds is 9. The average Bonchev–Trinajstić information content (AvgIpc) is 3.61. The van der Waals surface area contributed by atoms with Gasteiger partial charge in [-0.2, -0.15) is 0 Å². The van der Waals surface area contributed by atoms with Gasteiger partial charge < -0.3 is 42.0 Å². The molecule has 0 aliphatic carbocycles. The molecule has 15 nitrogen and oxygen atoms in total. The van der Waals surface area contributed by atoms with Crippen molar-refractivity contribution in [1.29, 1.82) is 0 Å². The highest BCUT2D eigenvalue weighted by Gasteiger charge is 2.40. The standard InChI is InChI=1S/C20H28N8O7S2/c21-20-25-14(27-37-20)12(26-35)15(29)23-13(19(33)34)16-24-11(18(31)32)9(7-36-16)5-8-2-4-28(17(8)30)10-1-3-22-6-10/h2,4,8,10,13-14,16,20,22,24-25,27,35H,1,3,5-7,21H2,(H,23,29)(H,31,32)(H,33,34)/b26-12-/t8?,10-,13+,14+,16-,20?/m1/s1. The third kappa shape index (κ3) is 6.02. The first-order valence-corrected chi connectivity index (χ1v) is 13.4. The second-order valence-corrected chi connectivity index (χ2v) is 10.8. The van der Waals surface area contributed by atoms with E-state index in [2.05, 4.69) is 31.1 Å². The molecule has 2 amide bonds. The Balaban J connectivity index is 1.44. The molecule has 0 aromatic carbocycles. The van der Waals surface area contributed by atoms with E-state index < -0.39 is 52.6 Å². The number of oxime groups is 1. The molecule has 2 unspecified atom stereocenters. The van der Waals surface area contributed by atoms with Gasteiger partial charge in [-0.1, -0.05) is 11.2 Å². The smallest absolute Gasteiger partial charge is 0.351 e. The molecule has 6 atom stereocenters. The Bertz CT molecular complexity index is 1050. The average molecular weight is 557 g/mol. The largest absolute Gasteiger partial charge is 0.480 e. The normalized spacial score (nSPS) is 30.9. The summed E-state index contributed by atoms with van der Waals surface area (Å²) in [5.41, 5.74) is 4.91. The molecule has 4 rings (SSSR count). The third-order valence-electron chi connectivity index (χ3n) is 6.35. The fourth-order valence-electron chi connectivity index (χ4n) is 4.47. The number of carbonyl (C=O) groups excluding carboxylic acids is 2. The summed E-state index contributed by atoms with van der Waals surface area (Å²) in [4.78, 5) is 51.3. The van der Waals surface area contributed by atoms with Gasteiger partial charge in [0.25, 0.3) is 5.91 Å². The molecule has 10 N–H and O–H groups in total. The predicted octanol–water partition coefficient (Wildman–Crippen LogP) is -2.48. The van der Waals surface area contributed by atoms with E-state index in [0.717, 1.165) is 36.7 Å². The van der Waals surface area contributed by atoms with E-state index in [1.165, 1.54) is 0 Å². The van der Waals surface area contributed by atoms with Gasteiger partial charge in [0, 0.05) is 24.5 Å². The van der Waals surface area contributed by atoms with Crippen LogP contribution in [0.25, 0.3) is 0 Å². The molecule has 202 valence electrons. The lowest BCUT2D eigenvalue weighted by Gasteiger charge is -2.32. The van der Waals surface area contributed by atoms with Crippen molar-refractivity contribution < 1.29 is 34.6 Å². The van der Waals surface area contributed by atoms with Gasteiger partial charge in [-0.3, -0.25) is 14.9 Å². The van der Waals surface area contributed by atoms with Gasteiger partial charge in [-0.05, 0) is 36.9 Å². The zero-order valence-electron chi connectivity index (χ0n) is 19.4. The van der Waals surface area contributed by atoms with Crippen LogP contribution in [0.15, 0.2) is 28.7 Å². The third-order valence-corrected chi connectivity index (χ3v) is 8.37. The summed E-state index contributed by atoms with van der Waals surface area (Å²) >= 11 is 2.14.